The highest BCUT2D eigenvalue weighted by Crippen LogP contribution is 2.27. The molecule has 18 heavy (non-hydrogen) atoms. The molecule has 0 saturated heterocycles. The first-order chi connectivity index (χ1) is 8.70. The summed E-state index contributed by atoms with van der Waals surface area (Å²) in [6.45, 7) is 0.413. The molecule has 0 fully saturated rings. The SMILES string of the molecule is Nc1cnn(Cc2nc(-c3cc(Br)cs3)no2)c1. The predicted molar refractivity (Wildman–Crippen MR) is 71.1 cm³/mol. The number of hydrogen-bond donors (Lipinski definition) is 1. The Bertz CT molecular complexity index is 673. The van der Waals surface area contributed by atoms with Gasteiger partial charge in [0, 0.05) is 16.0 Å². The second-order valence-corrected chi connectivity index (χ2v) is 5.44. The number of thiophene rings is 1. The lowest BCUT2D eigenvalue weighted by molar-refractivity contribution is 0.366. The zero-order valence-corrected chi connectivity index (χ0v) is 11.5. The third-order valence-corrected chi connectivity index (χ3v) is 3.89. The molecule has 0 unspecified atom stereocenters. The van der Waals surface area contributed by atoms with Gasteiger partial charge in [-0.1, -0.05) is 5.16 Å². The van der Waals surface area contributed by atoms with E-state index in [0.29, 0.717) is 23.9 Å². The van der Waals surface area contributed by atoms with Crippen LogP contribution in [0.25, 0.3) is 10.7 Å². The molecule has 0 aliphatic rings. The van der Waals surface area contributed by atoms with Crippen molar-refractivity contribution < 1.29 is 4.52 Å². The Balaban J connectivity index is 1.81. The van der Waals surface area contributed by atoms with Crippen molar-refractivity contribution in [2.45, 2.75) is 6.54 Å². The minimum Gasteiger partial charge on any atom is -0.396 e. The zero-order valence-electron chi connectivity index (χ0n) is 9.08. The smallest absolute Gasteiger partial charge is 0.248 e. The summed E-state index contributed by atoms with van der Waals surface area (Å²) in [5, 5.41) is 9.96. The molecule has 3 aromatic rings. The van der Waals surface area contributed by atoms with Crippen LogP contribution in [0.3, 0.4) is 0 Å². The maximum atomic E-state index is 5.58. The normalized spacial score (nSPS) is 10.9. The maximum Gasteiger partial charge on any atom is 0.248 e. The zero-order chi connectivity index (χ0) is 12.5. The molecule has 8 heteroatoms. The van der Waals surface area contributed by atoms with E-state index in [-0.39, 0.29) is 0 Å². The molecule has 0 aliphatic carbocycles. The first-order valence-corrected chi connectivity index (χ1v) is 6.73. The molecule has 92 valence electrons. The first kappa shape index (κ1) is 11.4. The van der Waals surface area contributed by atoms with Crippen molar-refractivity contribution in [1.29, 1.82) is 0 Å². The molecule has 0 amide bonds. The Kier molecular flexibility index (Phi) is 2.88. The monoisotopic (exact) mass is 325 g/mol. The molecule has 3 aromatic heterocycles. The van der Waals surface area contributed by atoms with Crippen LogP contribution in [0.5, 0.6) is 0 Å². The Morgan fingerprint density at radius 2 is 2.39 bits per heavy atom. The predicted octanol–water partition coefficient (Wildman–Crippen LogP) is 2.39. The van der Waals surface area contributed by atoms with E-state index < -0.39 is 0 Å². The molecular weight excluding hydrogens is 318 g/mol. The van der Waals surface area contributed by atoms with Gasteiger partial charge in [0.2, 0.25) is 11.7 Å². The molecule has 0 saturated carbocycles. The van der Waals surface area contributed by atoms with Crippen molar-refractivity contribution in [3.63, 3.8) is 0 Å². The van der Waals surface area contributed by atoms with Crippen molar-refractivity contribution in [2.24, 2.45) is 0 Å². The number of aromatic nitrogens is 4. The van der Waals surface area contributed by atoms with Crippen LogP contribution in [0, 0.1) is 0 Å². The van der Waals surface area contributed by atoms with E-state index in [0.717, 1.165) is 9.35 Å². The van der Waals surface area contributed by atoms with Crippen LogP contribution >= 0.6 is 27.3 Å². The number of nitrogen functional groups attached to an aromatic ring is 1. The standard InChI is InChI=1S/C10H8BrN5OS/c11-6-1-8(18-5-6)10-14-9(17-15-10)4-16-3-7(12)2-13-16/h1-3,5H,4,12H2. The Morgan fingerprint density at radius 1 is 1.50 bits per heavy atom. The summed E-state index contributed by atoms with van der Waals surface area (Å²) in [5.74, 6) is 1.08. The van der Waals surface area contributed by atoms with E-state index >= 15 is 0 Å². The van der Waals surface area contributed by atoms with E-state index in [1.165, 1.54) is 0 Å². The number of rotatable bonds is 3. The summed E-state index contributed by atoms with van der Waals surface area (Å²) < 4.78 is 7.83. The second kappa shape index (κ2) is 4.54. The van der Waals surface area contributed by atoms with Crippen LogP contribution in [0.2, 0.25) is 0 Å². The van der Waals surface area contributed by atoms with Crippen LogP contribution in [0.15, 0.2) is 32.8 Å². The van der Waals surface area contributed by atoms with Gasteiger partial charge in [0.25, 0.3) is 0 Å². The van der Waals surface area contributed by atoms with Gasteiger partial charge in [-0.05, 0) is 22.0 Å². The highest BCUT2D eigenvalue weighted by atomic mass is 79.9. The largest absolute Gasteiger partial charge is 0.396 e. The molecule has 0 bridgehead atoms. The number of nitrogens with zero attached hydrogens (tertiary/aromatic N) is 4. The van der Waals surface area contributed by atoms with E-state index in [1.54, 1.807) is 28.4 Å². The molecule has 3 heterocycles. The number of halogens is 1. The van der Waals surface area contributed by atoms with E-state index in [1.807, 2.05) is 11.4 Å². The van der Waals surface area contributed by atoms with Crippen molar-refractivity contribution in [3.8, 4) is 10.7 Å². The number of hydrogen-bond acceptors (Lipinski definition) is 6. The van der Waals surface area contributed by atoms with E-state index in [2.05, 4.69) is 31.2 Å². The first-order valence-electron chi connectivity index (χ1n) is 5.05. The van der Waals surface area contributed by atoms with Gasteiger partial charge in [0.1, 0.15) is 6.54 Å². The summed E-state index contributed by atoms with van der Waals surface area (Å²) in [7, 11) is 0. The lowest BCUT2D eigenvalue weighted by atomic mass is 10.4. The van der Waals surface area contributed by atoms with Gasteiger partial charge in [-0.15, -0.1) is 11.3 Å². The van der Waals surface area contributed by atoms with Crippen LogP contribution in [0.4, 0.5) is 5.69 Å². The quantitative estimate of drug-likeness (QED) is 0.799. The molecular formula is C10H8BrN5OS. The van der Waals surface area contributed by atoms with Crippen molar-refractivity contribution in [2.75, 3.05) is 5.73 Å². The molecule has 0 aromatic carbocycles. The summed E-state index contributed by atoms with van der Waals surface area (Å²) in [6, 6.07) is 1.95. The Hall–Kier alpha value is -1.67. The average Bonchev–Trinajstić information content (AvgIpc) is 3.01. The highest BCUT2D eigenvalue weighted by Gasteiger charge is 2.11. The van der Waals surface area contributed by atoms with Crippen LogP contribution in [-0.2, 0) is 6.54 Å². The van der Waals surface area contributed by atoms with Gasteiger partial charge < -0.3 is 10.3 Å². The summed E-state index contributed by atoms with van der Waals surface area (Å²) in [4.78, 5) is 5.26. The lowest BCUT2D eigenvalue weighted by Crippen LogP contribution is -2.00. The molecule has 6 nitrogen and oxygen atoms in total. The molecule has 3 rings (SSSR count). The van der Waals surface area contributed by atoms with Gasteiger partial charge in [-0.25, -0.2) is 0 Å². The molecule has 0 spiro atoms. The summed E-state index contributed by atoms with van der Waals surface area (Å²) in [6.07, 6.45) is 3.29. The van der Waals surface area contributed by atoms with E-state index in [9.17, 15) is 0 Å². The minimum absolute atomic E-state index is 0.413. The van der Waals surface area contributed by atoms with Crippen LogP contribution in [-0.4, -0.2) is 19.9 Å². The number of nitrogens with two attached hydrogens (primary N) is 1. The summed E-state index contributed by atoms with van der Waals surface area (Å²) >= 11 is 4.94. The lowest BCUT2D eigenvalue weighted by Gasteiger charge is -1.93. The molecule has 2 N–H and O–H groups in total. The van der Waals surface area contributed by atoms with Crippen LogP contribution in [0.1, 0.15) is 5.89 Å². The molecule has 0 radical (unpaired) electrons. The topological polar surface area (TPSA) is 82.8 Å². The minimum atomic E-state index is 0.413. The fourth-order valence-electron chi connectivity index (χ4n) is 1.45. The Labute approximate surface area is 115 Å². The van der Waals surface area contributed by atoms with Crippen molar-refractivity contribution >= 4 is 33.0 Å². The summed E-state index contributed by atoms with van der Waals surface area (Å²) in [5.41, 5.74) is 6.19. The van der Waals surface area contributed by atoms with E-state index in [4.69, 9.17) is 10.3 Å². The maximum absolute atomic E-state index is 5.58. The Morgan fingerprint density at radius 3 is 3.06 bits per heavy atom. The van der Waals surface area contributed by atoms with Gasteiger partial charge in [0.15, 0.2) is 0 Å². The molecule has 0 atom stereocenters. The second-order valence-electron chi connectivity index (χ2n) is 3.61. The number of anilines is 1. The third-order valence-electron chi connectivity index (χ3n) is 2.21. The fourth-order valence-corrected chi connectivity index (χ4v) is 2.81. The van der Waals surface area contributed by atoms with Gasteiger partial charge in [0.05, 0.1) is 16.8 Å². The molecule has 0 aliphatic heterocycles. The van der Waals surface area contributed by atoms with Gasteiger partial charge >= 0.3 is 0 Å². The van der Waals surface area contributed by atoms with Crippen molar-refractivity contribution in [1.82, 2.24) is 19.9 Å². The van der Waals surface area contributed by atoms with Gasteiger partial charge in [-0.2, -0.15) is 10.1 Å². The van der Waals surface area contributed by atoms with Crippen molar-refractivity contribution in [3.05, 3.63) is 34.2 Å². The highest BCUT2D eigenvalue weighted by molar-refractivity contribution is 9.10. The van der Waals surface area contributed by atoms with Gasteiger partial charge in [-0.3, -0.25) is 4.68 Å². The third kappa shape index (κ3) is 2.29. The average molecular weight is 326 g/mol. The van der Waals surface area contributed by atoms with Crippen LogP contribution < -0.4 is 5.73 Å². The fraction of sp³-hybridized carbons (Fsp3) is 0.100.